The molecule has 8 heteroatoms. The van der Waals surface area contributed by atoms with Crippen molar-refractivity contribution in [3.8, 4) is 11.5 Å². The first-order valence-corrected chi connectivity index (χ1v) is 10.7. The monoisotopic (exact) mass is 462 g/mol. The average Bonchev–Trinajstić information content (AvgIpc) is 3.09. The zero-order chi connectivity index (χ0) is 22.9. The summed E-state index contributed by atoms with van der Waals surface area (Å²) in [6.07, 6.45) is 3.24. The fourth-order valence-corrected chi connectivity index (χ4v) is 4.30. The van der Waals surface area contributed by atoms with Crippen LogP contribution in [0.5, 0.6) is 11.5 Å². The molecule has 0 unspecified atom stereocenters. The first kappa shape index (κ1) is 21.0. The van der Waals surface area contributed by atoms with Crippen molar-refractivity contribution in [2.45, 2.75) is 12.6 Å². The second-order valence-electron chi connectivity index (χ2n) is 7.70. The zero-order valence-electron chi connectivity index (χ0n) is 17.4. The smallest absolute Gasteiger partial charge is 0.295 e. The molecule has 2 aliphatic rings. The number of aliphatic hydroxyl groups excluding tert-OH is 1. The van der Waals surface area contributed by atoms with Gasteiger partial charge in [-0.05, 0) is 53.6 Å². The van der Waals surface area contributed by atoms with Crippen LogP contribution in [0.25, 0.3) is 5.76 Å². The molecule has 1 saturated heterocycles. The Morgan fingerprint density at radius 3 is 2.55 bits per heavy atom. The van der Waals surface area contributed by atoms with Gasteiger partial charge in [0.05, 0.1) is 11.6 Å². The number of aliphatic hydroxyl groups is 1. The van der Waals surface area contributed by atoms with Crippen molar-refractivity contribution in [1.82, 2.24) is 9.88 Å². The highest BCUT2D eigenvalue weighted by molar-refractivity contribution is 6.46. The van der Waals surface area contributed by atoms with Crippen molar-refractivity contribution < 1.29 is 24.2 Å². The van der Waals surface area contributed by atoms with Gasteiger partial charge in [0, 0.05) is 29.5 Å². The van der Waals surface area contributed by atoms with Crippen LogP contribution < -0.4 is 9.47 Å². The van der Waals surface area contributed by atoms with Crippen molar-refractivity contribution in [3.63, 3.8) is 0 Å². The van der Waals surface area contributed by atoms with Crippen molar-refractivity contribution in [2.75, 3.05) is 13.2 Å². The molecule has 5 rings (SSSR count). The number of ketones is 1. The Morgan fingerprint density at radius 2 is 1.79 bits per heavy atom. The molecule has 3 heterocycles. The molecule has 2 aromatic carbocycles. The van der Waals surface area contributed by atoms with Gasteiger partial charge in [-0.1, -0.05) is 23.7 Å². The Balaban J connectivity index is 1.64. The molecular weight excluding hydrogens is 444 g/mol. The van der Waals surface area contributed by atoms with Crippen LogP contribution in [0.15, 0.2) is 72.6 Å². The lowest BCUT2D eigenvalue weighted by Crippen LogP contribution is -2.29. The van der Waals surface area contributed by atoms with Gasteiger partial charge < -0.3 is 19.5 Å². The Labute approximate surface area is 194 Å². The quantitative estimate of drug-likeness (QED) is 0.356. The van der Waals surface area contributed by atoms with E-state index >= 15 is 0 Å². The Bertz CT molecular complexity index is 1270. The van der Waals surface area contributed by atoms with Gasteiger partial charge in [-0.3, -0.25) is 14.6 Å². The Hall–Kier alpha value is -3.84. The summed E-state index contributed by atoms with van der Waals surface area (Å²) in [6, 6.07) is 14.6. The number of ether oxygens (including phenoxy) is 2. The molecule has 0 radical (unpaired) electrons. The molecule has 166 valence electrons. The number of hydrogen-bond acceptors (Lipinski definition) is 6. The van der Waals surface area contributed by atoms with Crippen LogP contribution in [0.3, 0.4) is 0 Å². The lowest BCUT2D eigenvalue weighted by molar-refractivity contribution is -0.140. The normalized spacial score (nSPS) is 19.1. The number of pyridine rings is 1. The number of likely N-dealkylation sites (tertiary alicyclic amines) is 1. The van der Waals surface area contributed by atoms with E-state index in [9.17, 15) is 14.7 Å². The number of aromatic nitrogens is 1. The maximum Gasteiger partial charge on any atom is 0.295 e. The molecule has 0 bridgehead atoms. The molecule has 7 nitrogen and oxygen atoms in total. The van der Waals surface area contributed by atoms with Crippen molar-refractivity contribution in [2.24, 2.45) is 0 Å². The van der Waals surface area contributed by atoms with Crippen LogP contribution in [0.2, 0.25) is 5.02 Å². The number of benzene rings is 2. The van der Waals surface area contributed by atoms with E-state index in [2.05, 4.69) is 4.98 Å². The largest absolute Gasteiger partial charge is 0.507 e. The van der Waals surface area contributed by atoms with E-state index in [1.54, 1.807) is 67.0 Å². The second kappa shape index (κ2) is 8.60. The molecule has 0 saturated carbocycles. The van der Waals surface area contributed by atoms with Gasteiger partial charge in [0.25, 0.3) is 11.7 Å². The third kappa shape index (κ3) is 3.91. The number of fused-ring (bicyclic) bond motifs is 1. The van der Waals surface area contributed by atoms with Gasteiger partial charge in [0.1, 0.15) is 19.0 Å². The predicted molar refractivity (Wildman–Crippen MR) is 121 cm³/mol. The summed E-state index contributed by atoms with van der Waals surface area (Å²) in [4.78, 5) is 31.7. The molecule has 1 fully saturated rings. The van der Waals surface area contributed by atoms with Crippen molar-refractivity contribution >= 4 is 29.1 Å². The van der Waals surface area contributed by atoms with Crippen LogP contribution in [-0.2, 0) is 16.1 Å². The number of hydrogen-bond donors (Lipinski definition) is 1. The predicted octanol–water partition coefficient (Wildman–Crippen LogP) is 4.13. The fourth-order valence-electron chi connectivity index (χ4n) is 4.10. The molecule has 1 atom stereocenters. The van der Waals surface area contributed by atoms with E-state index in [-0.39, 0.29) is 17.9 Å². The molecule has 1 N–H and O–H groups in total. The van der Waals surface area contributed by atoms with Crippen molar-refractivity contribution in [1.29, 1.82) is 0 Å². The summed E-state index contributed by atoms with van der Waals surface area (Å²) in [6.45, 7) is 0.992. The minimum atomic E-state index is -0.815. The Morgan fingerprint density at radius 1 is 1.03 bits per heavy atom. The van der Waals surface area contributed by atoms with Gasteiger partial charge >= 0.3 is 0 Å². The van der Waals surface area contributed by atoms with Gasteiger partial charge in [-0.25, -0.2) is 0 Å². The number of carbonyl (C=O) groups excluding carboxylic acids is 2. The second-order valence-corrected chi connectivity index (χ2v) is 8.13. The summed E-state index contributed by atoms with van der Waals surface area (Å²) < 4.78 is 11.1. The summed E-state index contributed by atoms with van der Waals surface area (Å²) in [5, 5.41) is 11.7. The summed E-state index contributed by atoms with van der Waals surface area (Å²) >= 11 is 6.22. The third-order valence-electron chi connectivity index (χ3n) is 5.62. The van der Waals surface area contributed by atoms with Crippen LogP contribution in [0.4, 0.5) is 0 Å². The zero-order valence-corrected chi connectivity index (χ0v) is 18.2. The first-order valence-electron chi connectivity index (χ1n) is 10.4. The maximum atomic E-state index is 13.2. The number of carbonyl (C=O) groups is 2. The van der Waals surface area contributed by atoms with E-state index in [1.807, 2.05) is 0 Å². The highest BCUT2D eigenvalue weighted by Crippen LogP contribution is 2.42. The summed E-state index contributed by atoms with van der Waals surface area (Å²) in [7, 11) is 0. The molecule has 1 amide bonds. The highest BCUT2D eigenvalue weighted by Gasteiger charge is 2.46. The van der Waals surface area contributed by atoms with Gasteiger partial charge in [0.2, 0.25) is 0 Å². The SMILES string of the molecule is O=C1C(=O)N(Cc2ccncc2)[C@H](c2cccc(Cl)c2)C1=C(O)c1ccc2c(c1)OCCO2. The maximum absolute atomic E-state index is 13.2. The lowest BCUT2D eigenvalue weighted by atomic mass is 9.95. The fraction of sp³-hybridized carbons (Fsp3) is 0.160. The minimum absolute atomic E-state index is 0.00648. The average molecular weight is 463 g/mol. The topological polar surface area (TPSA) is 89.0 Å². The van der Waals surface area contributed by atoms with Gasteiger partial charge in [-0.15, -0.1) is 0 Å². The minimum Gasteiger partial charge on any atom is -0.507 e. The first-order chi connectivity index (χ1) is 16.0. The van der Waals surface area contributed by atoms with E-state index in [4.69, 9.17) is 21.1 Å². The molecular formula is C25H19ClN2O5. The van der Waals surface area contributed by atoms with Gasteiger partial charge in [0.15, 0.2) is 11.5 Å². The Kier molecular flexibility index (Phi) is 5.48. The van der Waals surface area contributed by atoms with E-state index in [0.717, 1.165) is 5.56 Å². The molecule has 2 aliphatic heterocycles. The van der Waals surface area contributed by atoms with Crippen LogP contribution in [0, 0.1) is 0 Å². The number of halogens is 1. The molecule has 3 aromatic rings. The molecule has 33 heavy (non-hydrogen) atoms. The highest BCUT2D eigenvalue weighted by atomic mass is 35.5. The van der Waals surface area contributed by atoms with Crippen molar-refractivity contribution in [3.05, 3.63) is 94.3 Å². The third-order valence-corrected chi connectivity index (χ3v) is 5.86. The lowest BCUT2D eigenvalue weighted by Gasteiger charge is -2.25. The molecule has 1 aromatic heterocycles. The number of Topliss-reactive ketones (excluding diaryl/α,β-unsaturated/α-hetero) is 1. The van der Waals surface area contributed by atoms with Gasteiger partial charge in [-0.2, -0.15) is 0 Å². The summed E-state index contributed by atoms with van der Waals surface area (Å²) in [5.74, 6) is -0.720. The van der Waals surface area contributed by atoms with Crippen LogP contribution in [-0.4, -0.2) is 39.9 Å². The molecule has 0 spiro atoms. The van der Waals surface area contributed by atoms with E-state index in [1.165, 1.54) is 4.90 Å². The van der Waals surface area contributed by atoms with Crippen LogP contribution >= 0.6 is 11.6 Å². The van der Waals surface area contributed by atoms with E-state index < -0.39 is 17.7 Å². The van der Waals surface area contributed by atoms with Crippen LogP contribution in [0.1, 0.15) is 22.7 Å². The number of amides is 1. The number of nitrogens with zero attached hydrogens (tertiary/aromatic N) is 2. The summed E-state index contributed by atoms with van der Waals surface area (Å²) in [5.41, 5.74) is 1.77. The van der Waals surface area contributed by atoms with E-state index in [0.29, 0.717) is 40.9 Å². The number of rotatable bonds is 4. The standard InChI is InChI=1S/C25H19ClN2O5/c26-18-3-1-2-16(12-18)22-21(23(29)17-4-5-19-20(13-17)33-11-10-32-19)24(30)25(31)28(22)14-15-6-8-27-9-7-15/h1-9,12-13,22,29H,10-11,14H2/t22-/m1/s1. The molecule has 0 aliphatic carbocycles.